The number of carboxylic acids is 1. The first-order valence-electron chi connectivity index (χ1n) is 4.12. The van der Waals surface area contributed by atoms with Crippen molar-refractivity contribution in [2.24, 2.45) is 11.8 Å². The van der Waals surface area contributed by atoms with Crippen molar-refractivity contribution in [3.05, 3.63) is 12.2 Å². The van der Waals surface area contributed by atoms with Gasteiger partial charge in [0.25, 0.3) is 0 Å². The molecule has 1 rings (SSSR count). The highest BCUT2D eigenvalue weighted by Crippen LogP contribution is 2.26. The monoisotopic (exact) mass is 184 g/mol. The Bertz CT molecular complexity index is 244. The van der Waals surface area contributed by atoms with E-state index in [4.69, 9.17) is 5.11 Å². The van der Waals surface area contributed by atoms with E-state index >= 15 is 0 Å². The molecule has 72 valence electrons. The second-order valence-electron chi connectivity index (χ2n) is 3.02. The summed E-state index contributed by atoms with van der Waals surface area (Å²) in [4.78, 5) is 21.9. The zero-order valence-corrected chi connectivity index (χ0v) is 7.40. The van der Waals surface area contributed by atoms with Crippen LogP contribution in [0.4, 0.5) is 0 Å². The first kappa shape index (κ1) is 9.77. The molecule has 4 heteroatoms. The molecule has 2 atom stereocenters. The summed E-state index contributed by atoms with van der Waals surface area (Å²) in [5.74, 6) is -2.51. The Balaban J connectivity index is 2.75. The van der Waals surface area contributed by atoms with Crippen LogP contribution in [0.2, 0.25) is 0 Å². The predicted octanol–water partition coefficient (Wildman–Crippen LogP) is 0.826. The van der Waals surface area contributed by atoms with E-state index < -0.39 is 23.8 Å². The van der Waals surface area contributed by atoms with E-state index in [9.17, 15) is 9.59 Å². The maximum atomic E-state index is 11.2. The molecule has 0 spiro atoms. The SMILES string of the molecule is COC(=O)[C@@H]1CC=CC[C@H]1C(=O)O. The topological polar surface area (TPSA) is 63.6 Å². The van der Waals surface area contributed by atoms with Gasteiger partial charge < -0.3 is 9.84 Å². The Kier molecular flexibility index (Phi) is 3.06. The molecular formula is C9H12O4. The number of allylic oxidation sites excluding steroid dienone is 2. The van der Waals surface area contributed by atoms with Gasteiger partial charge in [0.05, 0.1) is 18.9 Å². The first-order valence-corrected chi connectivity index (χ1v) is 4.12. The molecule has 0 aromatic carbocycles. The summed E-state index contributed by atoms with van der Waals surface area (Å²) in [6.07, 6.45) is 4.48. The summed E-state index contributed by atoms with van der Waals surface area (Å²) >= 11 is 0. The smallest absolute Gasteiger partial charge is 0.309 e. The van der Waals surface area contributed by atoms with Crippen molar-refractivity contribution < 1.29 is 19.4 Å². The van der Waals surface area contributed by atoms with Crippen molar-refractivity contribution in [1.82, 2.24) is 0 Å². The molecule has 0 aromatic rings. The molecule has 0 aromatic heterocycles. The molecule has 1 aliphatic carbocycles. The number of carboxylic acid groups (broad SMARTS) is 1. The van der Waals surface area contributed by atoms with Crippen LogP contribution in [0, 0.1) is 11.8 Å². The van der Waals surface area contributed by atoms with Gasteiger partial charge in [-0.2, -0.15) is 0 Å². The van der Waals surface area contributed by atoms with Crippen LogP contribution >= 0.6 is 0 Å². The fourth-order valence-corrected chi connectivity index (χ4v) is 1.50. The third-order valence-electron chi connectivity index (χ3n) is 2.25. The zero-order chi connectivity index (χ0) is 9.84. The molecule has 0 heterocycles. The van der Waals surface area contributed by atoms with Gasteiger partial charge in [-0.25, -0.2) is 0 Å². The minimum atomic E-state index is -0.931. The van der Waals surface area contributed by atoms with Gasteiger partial charge in [0.1, 0.15) is 0 Å². The van der Waals surface area contributed by atoms with Crippen LogP contribution in [0.1, 0.15) is 12.8 Å². The van der Waals surface area contributed by atoms with Gasteiger partial charge in [-0.1, -0.05) is 12.2 Å². The molecule has 1 aliphatic rings. The number of hydrogen-bond donors (Lipinski definition) is 1. The first-order chi connectivity index (χ1) is 6.16. The maximum absolute atomic E-state index is 11.2. The van der Waals surface area contributed by atoms with Gasteiger partial charge in [-0.05, 0) is 12.8 Å². The zero-order valence-electron chi connectivity index (χ0n) is 7.40. The Morgan fingerprint density at radius 2 is 1.85 bits per heavy atom. The number of rotatable bonds is 2. The third kappa shape index (κ3) is 2.08. The largest absolute Gasteiger partial charge is 0.481 e. The lowest BCUT2D eigenvalue weighted by Crippen LogP contribution is -2.31. The van der Waals surface area contributed by atoms with Gasteiger partial charge in [-0.3, -0.25) is 9.59 Å². The highest BCUT2D eigenvalue weighted by Gasteiger charge is 2.34. The summed E-state index contributed by atoms with van der Waals surface area (Å²) < 4.78 is 4.53. The van der Waals surface area contributed by atoms with Crippen LogP contribution in [-0.4, -0.2) is 24.2 Å². The molecule has 0 saturated heterocycles. The minimum Gasteiger partial charge on any atom is -0.481 e. The number of ether oxygens (including phenoxy) is 1. The Morgan fingerprint density at radius 1 is 1.31 bits per heavy atom. The summed E-state index contributed by atoms with van der Waals surface area (Å²) in [6.45, 7) is 0. The molecule has 13 heavy (non-hydrogen) atoms. The number of hydrogen-bond acceptors (Lipinski definition) is 3. The van der Waals surface area contributed by atoms with Crippen molar-refractivity contribution >= 4 is 11.9 Å². The molecule has 0 amide bonds. The van der Waals surface area contributed by atoms with Crippen molar-refractivity contribution in [1.29, 1.82) is 0 Å². The van der Waals surface area contributed by atoms with Crippen LogP contribution in [0.5, 0.6) is 0 Å². The van der Waals surface area contributed by atoms with E-state index in [2.05, 4.69) is 4.74 Å². The van der Waals surface area contributed by atoms with Crippen molar-refractivity contribution in [2.45, 2.75) is 12.8 Å². The van der Waals surface area contributed by atoms with Crippen LogP contribution in [0.15, 0.2) is 12.2 Å². The molecular weight excluding hydrogens is 172 g/mol. The van der Waals surface area contributed by atoms with E-state index in [1.807, 2.05) is 6.08 Å². The van der Waals surface area contributed by atoms with Gasteiger partial charge in [-0.15, -0.1) is 0 Å². The van der Waals surface area contributed by atoms with E-state index in [1.54, 1.807) is 6.08 Å². The molecule has 0 bridgehead atoms. The van der Waals surface area contributed by atoms with E-state index in [-0.39, 0.29) is 0 Å². The Morgan fingerprint density at radius 3 is 2.31 bits per heavy atom. The lowest BCUT2D eigenvalue weighted by atomic mass is 9.83. The maximum Gasteiger partial charge on any atom is 0.309 e. The normalized spacial score (nSPS) is 26.8. The standard InChI is InChI=1S/C9H12O4/c1-13-9(12)7-5-3-2-4-6(7)8(10)11/h2-3,6-7H,4-5H2,1H3,(H,10,11)/t6-,7-/m1/s1. The average molecular weight is 184 g/mol. The predicted molar refractivity (Wildman–Crippen MR) is 45.0 cm³/mol. The number of carbonyl (C=O) groups is 2. The number of aliphatic carboxylic acids is 1. The average Bonchev–Trinajstić information content (AvgIpc) is 2.16. The summed E-state index contributed by atoms with van der Waals surface area (Å²) in [6, 6.07) is 0. The molecule has 0 radical (unpaired) electrons. The van der Waals surface area contributed by atoms with Crippen molar-refractivity contribution in [3.8, 4) is 0 Å². The van der Waals surface area contributed by atoms with Gasteiger partial charge in [0.15, 0.2) is 0 Å². The number of esters is 1. The van der Waals surface area contributed by atoms with E-state index in [0.717, 1.165) is 0 Å². The van der Waals surface area contributed by atoms with Crippen LogP contribution < -0.4 is 0 Å². The van der Waals surface area contributed by atoms with Crippen LogP contribution in [-0.2, 0) is 14.3 Å². The van der Waals surface area contributed by atoms with Crippen molar-refractivity contribution in [2.75, 3.05) is 7.11 Å². The molecule has 0 unspecified atom stereocenters. The fraction of sp³-hybridized carbons (Fsp3) is 0.556. The number of methoxy groups -OCH3 is 1. The molecule has 0 fully saturated rings. The molecule has 1 N–H and O–H groups in total. The molecule has 4 nitrogen and oxygen atoms in total. The Labute approximate surface area is 76.2 Å². The quantitative estimate of drug-likeness (QED) is 0.510. The second kappa shape index (κ2) is 4.07. The minimum absolute atomic E-state index is 0.412. The van der Waals surface area contributed by atoms with E-state index in [0.29, 0.717) is 12.8 Å². The lowest BCUT2D eigenvalue weighted by molar-refractivity contribution is -0.155. The van der Waals surface area contributed by atoms with Crippen LogP contribution in [0.3, 0.4) is 0 Å². The van der Waals surface area contributed by atoms with Gasteiger partial charge in [0, 0.05) is 0 Å². The van der Waals surface area contributed by atoms with Crippen LogP contribution in [0.25, 0.3) is 0 Å². The van der Waals surface area contributed by atoms with Crippen molar-refractivity contribution in [3.63, 3.8) is 0 Å². The highest BCUT2D eigenvalue weighted by molar-refractivity contribution is 5.81. The van der Waals surface area contributed by atoms with E-state index in [1.165, 1.54) is 7.11 Å². The van der Waals surface area contributed by atoms with Gasteiger partial charge in [0.2, 0.25) is 0 Å². The van der Waals surface area contributed by atoms with Gasteiger partial charge >= 0.3 is 11.9 Å². The fourth-order valence-electron chi connectivity index (χ4n) is 1.50. The summed E-state index contributed by atoms with van der Waals surface area (Å²) in [7, 11) is 1.28. The Hall–Kier alpha value is -1.32. The highest BCUT2D eigenvalue weighted by atomic mass is 16.5. The summed E-state index contributed by atoms with van der Waals surface area (Å²) in [5, 5.41) is 8.81. The molecule has 0 saturated carbocycles. The third-order valence-corrected chi connectivity index (χ3v) is 2.25. The number of carbonyl (C=O) groups excluding carboxylic acids is 1. The second-order valence-corrected chi connectivity index (χ2v) is 3.02. The summed E-state index contributed by atoms with van der Waals surface area (Å²) in [5.41, 5.74) is 0. The lowest BCUT2D eigenvalue weighted by Gasteiger charge is -2.22. The molecule has 0 aliphatic heterocycles.